The van der Waals surface area contributed by atoms with E-state index in [2.05, 4.69) is 17.2 Å². The Morgan fingerprint density at radius 3 is 2.73 bits per heavy atom. The number of hydrogen-bond acceptors (Lipinski definition) is 4. The lowest BCUT2D eigenvalue weighted by atomic mass is 10.1. The summed E-state index contributed by atoms with van der Waals surface area (Å²) in [5.74, 6) is 6.07. The number of hydrogen-bond donors (Lipinski definition) is 1. The van der Waals surface area contributed by atoms with Crippen molar-refractivity contribution in [1.29, 1.82) is 0 Å². The minimum absolute atomic E-state index is 0.159. The van der Waals surface area contributed by atoms with E-state index >= 15 is 0 Å². The van der Waals surface area contributed by atoms with Gasteiger partial charge in [0.15, 0.2) is 0 Å². The fraction of sp³-hybridized carbons (Fsp3) is 0.474. The Labute approximate surface area is 159 Å². The Bertz CT molecular complexity index is 772. The third-order valence-corrected chi connectivity index (χ3v) is 5.09. The van der Waals surface area contributed by atoms with Crippen LogP contribution < -0.4 is 5.32 Å². The Kier molecular flexibility index (Phi) is 5.52. The second-order valence-electron chi connectivity index (χ2n) is 6.64. The van der Waals surface area contributed by atoms with Gasteiger partial charge in [-0.05, 0) is 31.7 Å². The molecule has 0 bridgehead atoms. The minimum atomic E-state index is -0.437. The summed E-state index contributed by atoms with van der Waals surface area (Å²) in [6, 6.07) is 6.63. The molecule has 1 aromatic rings. The number of rotatable bonds is 3. The van der Waals surface area contributed by atoms with Crippen molar-refractivity contribution in [2.45, 2.75) is 38.1 Å². The molecule has 0 aliphatic carbocycles. The number of carbonyl (C=O) groups excluding carboxylic acids is 2. The quantitative estimate of drug-likeness (QED) is 0.821. The maximum Gasteiger partial charge on any atom is 0.327 e. The molecule has 0 radical (unpaired) electrons. The number of unbranched alkanes of at least 4 members (excludes halogenated alkanes) is 1. The van der Waals surface area contributed by atoms with Crippen LogP contribution in [0.1, 0.15) is 25.3 Å². The number of benzene rings is 1. The standard InChI is InChI=1S/C19H23ClN4O2/c1-4-5-11-24-18(25)16-17(23(3)19(24)26)21-15(22(16)2)10-9-13-7-6-8-14(20)12-13/h6-8,12,15-17,21H,4-5,11H2,1-3H3. The van der Waals surface area contributed by atoms with Crippen LogP contribution in [0.4, 0.5) is 4.79 Å². The van der Waals surface area contributed by atoms with Crippen molar-refractivity contribution in [2.75, 3.05) is 20.6 Å². The smallest absolute Gasteiger partial charge is 0.310 e. The third-order valence-electron chi connectivity index (χ3n) is 4.86. The molecule has 1 aromatic carbocycles. The van der Waals surface area contributed by atoms with Gasteiger partial charge < -0.3 is 4.90 Å². The van der Waals surface area contributed by atoms with Crippen LogP contribution in [-0.2, 0) is 4.79 Å². The molecule has 7 heteroatoms. The number of halogens is 1. The Morgan fingerprint density at radius 1 is 1.27 bits per heavy atom. The first-order chi connectivity index (χ1) is 12.4. The predicted molar refractivity (Wildman–Crippen MR) is 100 cm³/mol. The molecule has 2 aliphatic rings. The first kappa shape index (κ1) is 18.7. The maximum atomic E-state index is 12.9. The predicted octanol–water partition coefficient (Wildman–Crippen LogP) is 1.94. The van der Waals surface area contributed by atoms with Crippen LogP contribution in [0.15, 0.2) is 24.3 Å². The van der Waals surface area contributed by atoms with E-state index < -0.39 is 6.04 Å². The number of carbonyl (C=O) groups is 2. The average molecular weight is 375 g/mol. The van der Waals surface area contributed by atoms with Gasteiger partial charge >= 0.3 is 6.03 Å². The number of fused-ring (bicyclic) bond motifs is 1. The summed E-state index contributed by atoms with van der Waals surface area (Å²) in [5, 5.41) is 3.92. The monoisotopic (exact) mass is 374 g/mol. The van der Waals surface area contributed by atoms with E-state index in [0.717, 1.165) is 18.4 Å². The average Bonchev–Trinajstić information content (AvgIpc) is 2.95. The van der Waals surface area contributed by atoms with Gasteiger partial charge in [0.2, 0.25) is 0 Å². The van der Waals surface area contributed by atoms with E-state index in [0.29, 0.717) is 11.6 Å². The first-order valence-electron chi connectivity index (χ1n) is 8.77. The molecule has 2 heterocycles. The van der Waals surface area contributed by atoms with Crippen LogP contribution in [0, 0.1) is 11.8 Å². The Balaban J connectivity index is 1.81. The van der Waals surface area contributed by atoms with Gasteiger partial charge in [-0.15, -0.1) is 0 Å². The Hall–Kier alpha value is -2.07. The molecule has 2 fully saturated rings. The van der Waals surface area contributed by atoms with Crippen LogP contribution >= 0.6 is 11.6 Å². The molecule has 2 aliphatic heterocycles. The highest BCUT2D eigenvalue weighted by Gasteiger charge is 2.52. The fourth-order valence-corrected chi connectivity index (χ4v) is 3.52. The third kappa shape index (κ3) is 3.43. The molecule has 0 aromatic heterocycles. The summed E-state index contributed by atoms with van der Waals surface area (Å²) >= 11 is 5.99. The van der Waals surface area contributed by atoms with Crippen molar-refractivity contribution in [3.05, 3.63) is 34.9 Å². The van der Waals surface area contributed by atoms with Gasteiger partial charge in [0.25, 0.3) is 5.91 Å². The molecule has 138 valence electrons. The zero-order valence-corrected chi connectivity index (χ0v) is 16.0. The van der Waals surface area contributed by atoms with E-state index in [1.165, 1.54) is 4.90 Å². The van der Waals surface area contributed by atoms with Crippen LogP contribution in [0.25, 0.3) is 0 Å². The number of nitrogens with zero attached hydrogens (tertiary/aromatic N) is 3. The van der Waals surface area contributed by atoms with Crippen LogP contribution in [-0.4, -0.2) is 65.7 Å². The molecule has 26 heavy (non-hydrogen) atoms. The summed E-state index contributed by atoms with van der Waals surface area (Å²) in [6.07, 6.45) is 1.03. The van der Waals surface area contributed by atoms with Gasteiger partial charge in [0, 0.05) is 24.2 Å². The summed E-state index contributed by atoms with van der Waals surface area (Å²) in [4.78, 5) is 30.3. The molecule has 3 unspecified atom stereocenters. The van der Waals surface area contributed by atoms with Crippen molar-refractivity contribution >= 4 is 23.5 Å². The summed E-state index contributed by atoms with van der Waals surface area (Å²) in [5.41, 5.74) is 0.808. The van der Waals surface area contributed by atoms with Gasteiger partial charge in [-0.3, -0.25) is 19.9 Å². The van der Waals surface area contributed by atoms with Crippen LogP contribution in [0.2, 0.25) is 5.02 Å². The normalized spacial score (nSPS) is 25.9. The lowest BCUT2D eigenvalue weighted by Gasteiger charge is -2.40. The minimum Gasteiger partial charge on any atom is -0.310 e. The van der Waals surface area contributed by atoms with Crippen molar-refractivity contribution in [1.82, 2.24) is 20.0 Å². The molecule has 3 atom stereocenters. The molecule has 3 rings (SSSR count). The van der Waals surface area contributed by atoms with Gasteiger partial charge in [-0.1, -0.05) is 42.9 Å². The summed E-state index contributed by atoms with van der Waals surface area (Å²) in [7, 11) is 3.58. The van der Waals surface area contributed by atoms with E-state index in [-0.39, 0.29) is 24.3 Å². The lowest BCUT2D eigenvalue weighted by molar-refractivity contribution is -0.137. The van der Waals surface area contributed by atoms with E-state index in [4.69, 9.17) is 11.6 Å². The van der Waals surface area contributed by atoms with E-state index in [1.54, 1.807) is 24.1 Å². The van der Waals surface area contributed by atoms with Gasteiger partial charge in [0.05, 0.1) is 0 Å². The van der Waals surface area contributed by atoms with Crippen LogP contribution in [0.3, 0.4) is 0 Å². The maximum absolute atomic E-state index is 12.9. The molecule has 2 saturated heterocycles. The number of urea groups is 1. The Morgan fingerprint density at radius 2 is 2.04 bits per heavy atom. The molecule has 0 saturated carbocycles. The number of imide groups is 1. The highest BCUT2D eigenvalue weighted by molar-refractivity contribution is 6.30. The van der Waals surface area contributed by atoms with Crippen molar-refractivity contribution in [2.24, 2.45) is 0 Å². The zero-order valence-electron chi connectivity index (χ0n) is 15.2. The van der Waals surface area contributed by atoms with E-state index in [9.17, 15) is 9.59 Å². The van der Waals surface area contributed by atoms with Crippen molar-refractivity contribution < 1.29 is 9.59 Å². The highest BCUT2D eigenvalue weighted by atomic mass is 35.5. The number of likely N-dealkylation sites (N-methyl/N-ethyl adjacent to an activating group) is 2. The van der Waals surface area contributed by atoms with Gasteiger partial charge in [-0.2, -0.15) is 0 Å². The molecule has 6 nitrogen and oxygen atoms in total. The fourth-order valence-electron chi connectivity index (χ4n) is 3.33. The SMILES string of the molecule is CCCCN1C(=O)C2C(NC(C#Cc3cccc(Cl)c3)N2C)N(C)C1=O. The van der Waals surface area contributed by atoms with Crippen molar-refractivity contribution in [3.63, 3.8) is 0 Å². The summed E-state index contributed by atoms with van der Waals surface area (Å²) < 4.78 is 0. The topological polar surface area (TPSA) is 55.9 Å². The summed E-state index contributed by atoms with van der Waals surface area (Å²) in [6.45, 7) is 2.49. The molecular formula is C19H23ClN4O2. The second kappa shape index (κ2) is 7.67. The lowest BCUT2D eigenvalue weighted by Crippen LogP contribution is -2.65. The molecule has 3 amide bonds. The molecular weight excluding hydrogens is 352 g/mol. The number of nitrogens with one attached hydrogen (secondary N) is 1. The second-order valence-corrected chi connectivity index (χ2v) is 7.08. The first-order valence-corrected chi connectivity index (χ1v) is 9.15. The van der Waals surface area contributed by atoms with Crippen molar-refractivity contribution in [3.8, 4) is 11.8 Å². The zero-order chi connectivity index (χ0) is 18.8. The largest absolute Gasteiger partial charge is 0.327 e. The van der Waals surface area contributed by atoms with E-state index in [1.807, 2.05) is 31.0 Å². The number of amides is 3. The van der Waals surface area contributed by atoms with Crippen LogP contribution in [0.5, 0.6) is 0 Å². The van der Waals surface area contributed by atoms with Gasteiger partial charge in [0.1, 0.15) is 18.4 Å². The van der Waals surface area contributed by atoms with Gasteiger partial charge in [-0.25, -0.2) is 4.79 Å². The highest BCUT2D eigenvalue weighted by Crippen LogP contribution is 2.25. The molecule has 0 spiro atoms. The molecule has 1 N–H and O–H groups in total.